The lowest BCUT2D eigenvalue weighted by molar-refractivity contribution is -0.132. The number of nitriles is 1. The van der Waals surface area contributed by atoms with Gasteiger partial charge in [0.1, 0.15) is 0 Å². The summed E-state index contributed by atoms with van der Waals surface area (Å²) in [6.07, 6.45) is 7.60. The van der Waals surface area contributed by atoms with Gasteiger partial charge in [0.25, 0.3) is 0 Å². The zero-order valence-corrected chi connectivity index (χ0v) is 12.0. The minimum Gasteiger partial charge on any atom is -0.317 e. The normalized spacial score (nSPS) is 28.3. The van der Waals surface area contributed by atoms with E-state index < -0.39 is 0 Å². The Labute approximate surface area is 111 Å². The van der Waals surface area contributed by atoms with Crippen molar-refractivity contribution < 1.29 is 4.84 Å². The van der Waals surface area contributed by atoms with Crippen LogP contribution in [0.1, 0.15) is 45.4 Å². The Hall–Kier alpha value is -0.630. The lowest BCUT2D eigenvalue weighted by atomic mass is 9.69. The first-order valence-corrected chi connectivity index (χ1v) is 7.04. The van der Waals surface area contributed by atoms with Crippen LogP contribution in [-0.4, -0.2) is 38.4 Å². The largest absolute Gasteiger partial charge is 0.317 e. The van der Waals surface area contributed by atoms with Crippen molar-refractivity contribution in [2.75, 3.05) is 27.2 Å². The van der Waals surface area contributed by atoms with Gasteiger partial charge in [0.15, 0.2) is 6.61 Å². The second kappa shape index (κ2) is 7.73. The third kappa shape index (κ3) is 4.56. The molecule has 4 nitrogen and oxygen atoms in total. The summed E-state index contributed by atoms with van der Waals surface area (Å²) < 4.78 is 0. The number of rotatable bonds is 7. The van der Waals surface area contributed by atoms with Crippen LogP contribution in [-0.2, 0) is 4.84 Å². The number of hydroxylamine groups is 2. The summed E-state index contributed by atoms with van der Waals surface area (Å²) in [5, 5.41) is 13.7. The lowest BCUT2D eigenvalue weighted by Gasteiger charge is -2.40. The molecule has 1 aliphatic rings. The molecule has 0 unspecified atom stereocenters. The van der Waals surface area contributed by atoms with E-state index in [1.54, 1.807) is 0 Å². The average molecular weight is 253 g/mol. The standard InChI is InChI=1S/C14H27N3O/c1-4-14(7-5-13(16-2)6-8-14)9-11-17(3)18-12-10-15/h13,16H,4-9,11-12H2,1-3H3. The molecular formula is C14H27N3O. The number of nitrogens with zero attached hydrogens (tertiary/aromatic N) is 2. The molecule has 1 rings (SSSR count). The summed E-state index contributed by atoms with van der Waals surface area (Å²) in [4.78, 5) is 5.27. The zero-order valence-electron chi connectivity index (χ0n) is 12.0. The predicted molar refractivity (Wildman–Crippen MR) is 72.9 cm³/mol. The summed E-state index contributed by atoms with van der Waals surface area (Å²) >= 11 is 0. The summed E-state index contributed by atoms with van der Waals surface area (Å²) in [5.41, 5.74) is 0.484. The molecule has 1 fully saturated rings. The van der Waals surface area contributed by atoms with E-state index >= 15 is 0 Å². The highest BCUT2D eigenvalue weighted by atomic mass is 16.7. The van der Waals surface area contributed by atoms with Crippen LogP contribution < -0.4 is 5.32 Å². The molecule has 0 aromatic rings. The molecule has 1 aliphatic carbocycles. The molecule has 4 heteroatoms. The molecule has 0 heterocycles. The van der Waals surface area contributed by atoms with Gasteiger partial charge in [0, 0.05) is 19.6 Å². The Morgan fingerprint density at radius 1 is 1.44 bits per heavy atom. The minimum atomic E-state index is 0.150. The maximum Gasteiger partial charge on any atom is 0.155 e. The van der Waals surface area contributed by atoms with Crippen LogP contribution in [0.5, 0.6) is 0 Å². The summed E-state index contributed by atoms with van der Waals surface area (Å²) in [7, 11) is 3.98. The van der Waals surface area contributed by atoms with Gasteiger partial charge < -0.3 is 5.32 Å². The van der Waals surface area contributed by atoms with Gasteiger partial charge in [-0.25, -0.2) is 0 Å². The highest BCUT2D eigenvalue weighted by Gasteiger charge is 2.33. The highest BCUT2D eigenvalue weighted by Crippen LogP contribution is 2.42. The molecule has 18 heavy (non-hydrogen) atoms. The molecule has 0 spiro atoms. The molecule has 0 radical (unpaired) electrons. The topological polar surface area (TPSA) is 48.3 Å². The van der Waals surface area contributed by atoms with E-state index in [9.17, 15) is 0 Å². The van der Waals surface area contributed by atoms with Gasteiger partial charge >= 0.3 is 0 Å². The first-order chi connectivity index (χ1) is 8.65. The zero-order chi connectivity index (χ0) is 13.4. The van der Waals surface area contributed by atoms with Gasteiger partial charge in [0.2, 0.25) is 0 Å². The Morgan fingerprint density at radius 3 is 2.61 bits per heavy atom. The molecule has 0 saturated heterocycles. The van der Waals surface area contributed by atoms with Gasteiger partial charge in [-0.1, -0.05) is 13.3 Å². The van der Waals surface area contributed by atoms with Gasteiger partial charge in [-0.3, -0.25) is 4.84 Å². The van der Waals surface area contributed by atoms with Crippen molar-refractivity contribution in [1.29, 1.82) is 5.26 Å². The molecule has 0 amide bonds. The third-order valence-corrected chi connectivity index (χ3v) is 4.51. The second-order valence-corrected chi connectivity index (χ2v) is 5.45. The minimum absolute atomic E-state index is 0.150. The van der Waals surface area contributed by atoms with Crippen LogP contribution in [0.4, 0.5) is 0 Å². The molecular weight excluding hydrogens is 226 g/mol. The van der Waals surface area contributed by atoms with E-state index in [1.165, 1.54) is 38.5 Å². The van der Waals surface area contributed by atoms with Gasteiger partial charge in [0.05, 0.1) is 6.07 Å². The van der Waals surface area contributed by atoms with E-state index in [4.69, 9.17) is 10.1 Å². The van der Waals surface area contributed by atoms with Crippen molar-refractivity contribution in [1.82, 2.24) is 10.4 Å². The number of hydrogen-bond acceptors (Lipinski definition) is 4. The molecule has 104 valence electrons. The maximum absolute atomic E-state index is 8.48. The molecule has 0 aliphatic heterocycles. The molecule has 1 N–H and O–H groups in total. The van der Waals surface area contributed by atoms with Gasteiger partial charge in [-0.15, -0.1) is 0 Å². The number of hydrogen-bond donors (Lipinski definition) is 1. The molecule has 1 saturated carbocycles. The first kappa shape index (κ1) is 15.4. The quantitative estimate of drug-likeness (QED) is 0.707. The van der Waals surface area contributed by atoms with Crippen LogP contribution in [0, 0.1) is 16.7 Å². The van der Waals surface area contributed by atoms with E-state index in [-0.39, 0.29) is 6.61 Å². The smallest absolute Gasteiger partial charge is 0.155 e. The van der Waals surface area contributed by atoms with Crippen LogP contribution >= 0.6 is 0 Å². The highest BCUT2D eigenvalue weighted by molar-refractivity contribution is 4.87. The van der Waals surface area contributed by atoms with Crippen molar-refractivity contribution in [3.05, 3.63) is 0 Å². The molecule has 0 bridgehead atoms. The molecule has 0 atom stereocenters. The maximum atomic E-state index is 8.48. The van der Waals surface area contributed by atoms with Crippen LogP contribution in [0.3, 0.4) is 0 Å². The van der Waals surface area contributed by atoms with Crippen molar-refractivity contribution in [3.8, 4) is 6.07 Å². The lowest BCUT2D eigenvalue weighted by Crippen LogP contribution is -2.37. The van der Waals surface area contributed by atoms with Crippen molar-refractivity contribution in [3.63, 3.8) is 0 Å². The Kier molecular flexibility index (Phi) is 6.62. The van der Waals surface area contributed by atoms with Crippen LogP contribution in [0.25, 0.3) is 0 Å². The van der Waals surface area contributed by atoms with E-state index in [0.29, 0.717) is 11.5 Å². The van der Waals surface area contributed by atoms with Crippen LogP contribution in [0.2, 0.25) is 0 Å². The van der Waals surface area contributed by atoms with Crippen molar-refractivity contribution in [2.45, 2.75) is 51.5 Å². The molecule has 0 aromatic heterocycles. The Morgan fingerprint density at radius 2 is 2.11 bits per heavy atom. The van der Waals surface area contributed by atoms with E-state index in [1.807, 2.05) is 18.2 Å². The average Bonchev–Trinajstić information content (AvgIpc) is 2.43. The second-order valence-electron chi connectivity index (χ2n) is 5.45. The van der Waals surface area contributed by atoms with E-state index in [2.05, 4.69) is 19.3 Å². The van der Waals surface area contributed by atoms with Crippen molar-refractivity contribution >= 4 is 0 Å². The van der Waals surface area contributed by atoms with Gasteiger partial charge in [-0.05, 0) is 44.6 Å². The summed E-state index contributed by atoms with van der Waals surface area (Å²) in [6.45, 7) is 3.37. The number of nitrogens with one attached hydrogen (secondary N) is 1. The fourth-order valence-corrected chi connectivity index (χ4v) is 2.90. The predicted octanol–water partition coefficient (Wildman–Crippen LogP) is 2.32. The van der Waals surface area contributed by atoms with Crippen molar-refractivity contribution in [2.24, 2.45) is 5.41 Å². The fraction of sp³-hybridized carbons (Fsp3) is 0.929. The fourth-order valence-electron chi connectivity index (χ4n) is 2.90. The SMILES string of the molecule is CCC1(CCN(C)OCC#N)CCC(NC)CC1. The van der Waals surface area contributed by atoms with Gasteiger partial charge in [-0.2, -0.15) is 10.3 Å². The molecule has 0 aromatic carbocycles. The van der Waals surface area contributed by atoms with Crippen LogP contribution in [0.15, 0.2) is 0 Å². The van der Waals surface area contributed by atoms with E-state index in [0.717, 1.165) is 6.54 Å². The Bertz CT molecular complexity index is 267. The summed E-state index contributed by atoms with van der Waals surface area (Å²) in [5.74, 6) is 0. The summed E-state index contributed by atoms with van der Waals surface area (Å²) in [6, 6.07) is 2.71. The monoisotopic (exact) mass is 253 g/mol. The first-order valence-electron chi connectivity index (χ1n) is 7.04. The third-order valence-electron chi connectivity index (χ3n) is 4.51. The Balaban J connectivity index is 2.35.